The Kier molecular flexibility index (Phi) is 4.85. The number of nitrogens with zero attached hydrogens (tertiary/aromatic N) is 1. The van der Waals surface area contributed by atoms with Gasteiger partial charge < -0.3 is 10.6 Å². The van der Waals surface area contributed by atoms with Crippen molar-refractivity contribution in [2.24, 2.45) is 5.92 Å². The van der Waals surface area contributed by atoms with Crippen molar-refractivity contribution in [1.29, 1.82) is 0 Å². The SMILES string of the molecule is CC(C)[C@@H](NC(=O)c1ccc(N2CCNC2=O)cc1)c1cccs1. The summed E-state index contributed by atoms with van der Waals surface area (Å²) in [6.07, 6.45) is 0. The number of amides is 3. The number of thiophene rings is 1. The highest BCUT2D eigenvalue weighted by Gasteiger charge is 2.22. The maximum atomic E-state index is 12.6. The molecular weight excluding hydrogens is 322 g/mol. The molecule has 1 aliphatic heterocycles. The molecule has 0 bridgehead atoms. The summed E-state index contributed by atoms with van der Waals surface area (Å²) in [6, 6.07) is 11.1. The van der Waals surface area contributed by atoms with Crippen LogP contribution in [0.2, 0.25) is 0 Å². The molecule has 6 heteroatoms. The van der Waals surface area contributed by atoms with Crippen LogP contribution in [-0.4, -0.2) is 25.0 Å². The van der Waals surface area contributed by atoms with Crippen molar-refractivity contribution >= 4 is 29.0 Å². The Balaban J connectivity index is 1.71. The molecule has 2 aromatic rings. The van der Waals surface area contributed by atoms with Crippen LogP contribution >= 0.6 is 11.3 Å². The van der Waals surface area contributed by atoms with Gasteiger partial charge in [-0.05, 0) is 41.6 Å². The summed E-state index contributed by atoms with van der Waals surface area (Å²) >= 11 is 1.65. The van der Waals surface area contributed by atoms with Gasteiger partial charge in [0.1, 0.15) is 0 Å². The molecule has 3 rings (SSSR count). The molecule has 24 heavy (non-hydrogen) atoms. The van der Waals surface area contributed by atoms with Gasteiger partial charge in [0.15, 0.2) is 0 Å². The smallest absolute Gasteiger partial charge is 0.321 e. The molecule has 3 amide bonds. The first-order valence-corrected chi connectivity index (χ1v) is 8.94. The molecule has 1 aromatic carbocycles. The standard InChI is InChI=1S/C18H21N3O2S/c1-12(2)16(15-4-3-11-24-15)20-17(22)13-5-7-14(8-6-13)21-10-9-19-18(21)23/h3-8,11-12,16H,9-10H2,1-2H3,(H,19,23)(H,20,22)/t16-/m1/s1. The van der Waals surface area contributed by atoms with Crippen LogP contribution in [0.4, 0.5) is 10.5 Å². The van der Waals surface area contributed by atoms with Gasteiger partial charge in [-0.3, -0.25) is 9.69 Å². The highest BCUT2D eigenvalue weighted by molar-refractivity contribution is 7.10. The Morgan fingerprint density at radius 1 is 1.25 bits per heavy atom. The van der Waals surface area contributed by atoms with Gasteiger partial charge in [0.05, 0.1) is 6.04 Å². The maximum absolute atomic E-state index is 12.6. The Hall–Kier alpha value is -2.34. The fourth-order valence-corrected chi connectivity index (χ4v) is 3.72. The normalized spacial score (nSPS) is 15.5. The van der Waals surface area contributed by atoms with Gasteiger partial charge in [0, 0.05) is 29.2 Å². The van der Waals surface area contributed by atoms with Crippen LogP contribution in [-0.2, 0) is 0 Å². The second kappa shape index (κ2) is 7.05. The van der Waals surface area contributed by atoms with Crippen molar-refractivity contribution in [3.05, 3.63) is 52.2 Å². The number of hydrogen-bond donors (Lipinski definition) is 2. The van der Waals surface area contributed by atoms with Gasteiger partial charge in [-0.1, -0.05) is 19.9 Å². The molecule has 1 aliphatic rings. The number of urea groups is 1. The third kappa shape index (κ3) is 3.43. The van der Waals surface area contributed by atoms with Crippen LogP contribution in [0.25, 0.3) is 0 Å². The summed E-state index contributed by atoms with van der Waals surface area (Å²) in [7, 11) is 0. The summed E-state index contributed by atoms with van der Waals surface area (Å²) < 4.78 is 0. The molecule has 126 valence electrons. The summed E-state index contributed by atoms with van der Waals surface area (Å²) in [5.74, 6) is 0.208. The van der Waals surface area contributed by atoms with Gasteiger partial charge in [-0.15, -0.1) is 11.3 Å². The monoisotopic (exact) mass is 343 g/mol. The second-order valence-electron chi connectivity index (χ2n) is 6.14. The fraction of sp³-hybridized carbons (Fsp3) is 0.333. The van der Waals surface area contributed by atoms with E-state index in [1.54, 1.807) is 28.4 Å². The van der Waals surface area contributed by atoms with Crippen LogP contribution in [0.3, 0.4) is 0 Å². The summed E-state index contributed by atoms with van der Waals surface area (Å²) in [4.78, 5) is 27.1. The lowest BCUT2D eigenvalue weighted by molar-refractivity contribution is 0.0926. The topological polar surface area (TPSA) is 61.4 Å². The average Bonchev–Trinajstić information content (AvgIpc) is 3.24. The van der Waals surface area contributed by atoms with Crippen molar-refractivity contribution in [1.82, 2.24) is 10.6 Å². The van der Waals surface area contributed by atoms with Crippen molar-refractivity contribution in [3.63, 3.8) is 0 Å². The van der Waals surface area contributed by atoms with E-state index in [1.165, 1.54) is 0 Å². The molecule has 0 saturated carbocycles. The highest BCUT2D eigenvalue weighted by atomic mass is 32.1. The number of rotatable bonds is 5. The maximum Gasteiger partial charge on any atom is 0.321 e. The predicted molar refractivity (Wildman–Crippen MR) is 96.6 cm³/mol. The van der Waals surface area contributed by atoms with Gasteiger partial charge in [-0.25, -0.2) is 4.79 Å². The van der Waals surface area contributed by atoms with Crippen molar-refractivity contribution < 1.29 is 9.59 Å². The molecule has 2 N–H and O–H groups in total. The molecule has 1 saturated heterocycles. The fourth-order valence-electron chi connectivity index (χ4n) is 2.77. The number of nitrogens with one attached hydrogen (secondary N) is 2. The van der Waals surface area contributed by atoms with Crippen LogP contribution in [0.1, 0.15) is 35.1 Å². The molecule has 1 fully saturated rings. The molecule has 5 nitrogen and oxygen atoms in total. The second-order valence-corrected chi connectivity index (χ2v) is 7.12. The lowest BCUT2D eigenvalue weighted by Gasteiger charge is -2.21. The van der Waals surface area contributed by atoms with E-state index in [-0.39, 0.29) is 18.0 Å². The Morgan fingerprint density at radius 2 is 2.00 bits per heavy atom. The van der Waals surface area contributed by atoms with E-state index < -0.39 is 0 Å². The molecule has 1 aromatic heterocycles. The molecule has 0 spiro atoms. The minimum atomic E-state index is -0.0977. The first kappa shape index (κ1) is 16.5. The lowest BCUT2D eigenvalue weighted by Crippen LogP contribution is -2.31. The lowest BCUT2D eigenvalue weighted by atomic mass is 10.0. The summed E-state index contributed by atoms with van der Waals surface area (Å²) in [5, 5.41) is 7.90. The van der Waals surface area contributed by atoms with Gasteiger partial charge in [0.2, 0.25) is 0 Å². The van der Waals surface area contributed by atoms with E-state index in [0.29, 0.717) is 24.6 Å². The largest absolute Gasteiger partial charge is 0.344 e. The quantitative estimate of drug-likeness (QED) is 0.874. The zero-order chi connectivity index (χ0) is 17.1. The van der Waals surface area contributed by atoms with Crippen LogP contribution in [0.5, 0.6) is 0 Å². The van der Waals surface area contributed by atoms with Crippen molar-refractivity contribution in [2.75, 3.05) is 18.0 Å². The van der Waals surface area contributed by atoms with Crippen molar-refractivity contribution in [2.45, 2.75) is 19.9 Å². The van der Waals surface area contributed by atoms with Crippen LogP contribution in [0, 0.1) is 5.92 Å². The number of carbonyl (C=O) groups is 2. The molecule has 0 radical (unpaired) electrons. The van der Waals surface area contributed by atoms with E-state index >= 15 is 0 Å². The Bertz CT molecular complexity index is 710. The van der Waals surface area contributed by atoms with Crippen LogP contribution in [0.15, 0.2) is 41.8 Å². The molecule has 2 heterocycles. The van der Waals surface area contributed by atoms with E-state index in [9.17, 15) is 9.59 Å². The molecule has 0 unspecified atom stereocenters. The van der Waals surface area contributed by atoms with Crippen molar-refractivity contribution in [3.8, 4) is 0 Å². The number of benzene rings is 1. The highest BCUT2D eigenvalue weighted by Crippen LogP contribution is 2.26. The zero-order valence-corrected chi connectivity index (χ0v) is 14.6. The van der Waals surface area contributed by atoms with E-state index in [4.69, 9.17) is 0 Å². The minimum absolute atomic E-state index is 0.00142. The Labute approximate surface area is 145 Å². The third-order valence-corrected chi connectivity index (χ3v) is 5.06. The zero-order valence-electron chi connectivity index (χ0n) is 13.8. The number of carbonyl (C=O) groups excluding carboxylic acids is 2. The Morgan fingerprint density at radius 3 is 2.54 bits per heavy atom. The predicted octanol–water partition coefficient (Wildman–Crippen LogP) is 3.40. The summed E-state index contributed by atoms with van der Waals surface area (Å²) in [5.41, 5.74) is 1.40. The third-order valence-electron chi connectivity index (χ3n) is 4.10. The first-order valence-electron chi connectivity index (χ1n) is 8.06. The molecular formula is C18H21N3O2S. The number of hydrogen-bond acceptors (Lipinski definition) is 3. The summed E-state index contributed by atoms with van der Waals surface area (Å²) in [6.45, 7) is 5.50. The van der Waals surface area contributed by atoms with Crippen LogP contribution < -0.4 is 15.5 Å². The van der Waals surface area contributed by atoms with E-state index in [0.717, 1.165) is 10.6 Å². The molecule has 0 aliphatic carbocycles. The minimum Gasteiger partial charge on any atom is -0.344 e. The number of anilines is 1. The van der Waals surface area contributed by atoms with E-state index in [2.05, 4.69) is 24.5 Å². The van der Waals surface area contributed by atoms with Gasteiger partial charge in [0.25, 0.3) is 5.91 Å². The van der Waals surface area contributed by atoms with E-state index in [1.807, 2.05) is 29.6 Å². The average molecular weight is 343 g/mol. The first-order chi connectivity index (χ1) is 11.6. The molecule has 1 atom stereocenters. The van der Waals surface area contributed by atoms with Gasteiger partial charge in [-0.2, -0.15) is 0 Å². The van der Waals surface area contributed by atoms with Gasteiger partial charge >= 0.3 is 6.03 Å².